The zero-order valence-corrected chi connectivity index (χ0v) is 14.7. The third-order valence-corrected chi connectivity index (χ3v) is 5.34. The van der Waals surface area contributed by atoms with Crippen LogP contribution < -0.4 is 9.89 Å². The Morgan fingerprint density at radius 1 is 1.17 bits per heavy atom. The van der Waals surface area contributed by atoms with E-state index in [0.717, 1.165) is 26.0 Å². The van der Waals surface area contributed by atoms with Crippen molar-refractivity contribution in [2.24, 2.45) is 5.41 Å². The molecule has 2 N–H and O–H groups in total. The van der Waals surface area contributed by atoms with Gasteiger partial charge in [-0.3, -0.25) is 0 Å². The summed E-state index contributed by atoms with van der Waals surface area (Å²) in [5.41, 5.74) is 1.59. The second-order valence-corrected chi connectivity index (χ2v) is 8.04. The summed E-state index contributed by atoms with van der Waals surface area (Å²) in [6.07, 6.45) is 7.45. The molecular formula is C20H32N2O+2. The van der Waals surface area contributed by atoms with Crippen LogP contribution in [-0.4, -0.2) is 38.1 Å². The SMILES string of the molecule is CC1(C)C[C@](C=[NH+]Cc2ccccc2)(C[NH+]2CCCC2)CCO1. The molecule has 3 rings (SSSR count). The van der Waals surface area contributed by atoms with Crippen molar-refractivity contribution < 1.29 is 14.6 Å². The predicted molar refractivity (Wildman–Crippen MR) is 93.7 cm³/mol. The van der Waals surface area contributed by atoms with Crippen molar-refractivity contribution >= 4 is 6.21 Å². The van der Waals surface area contributed by atoms with Gasteiger partial charge in [0.05, 0.1) is 25.2 Å². The van der Waals surface area contributed by atoms with E-state index in [1.54, 1.807) is 4.90 Å². The molecule has 0 radical (unpaired) electrons. The quantitative estimate of drug-likeness (QED) is 0.765. The van der Waals surface area contributed by atoms with E-state index < -0.39 is 0 Å². The summed E-state index contributed by atoms with van der Waals surface area (Å²) in [5, 5.41) is 0. The molecule has 126 valence electrons. The molecule has 3 nitrogen and oxygen atoms in total. The van der Waals surface area contributed by atoms with Gasteiger partial charge in [-0.05, 0) is 26.7 Å². The summed E-state index contributed by atoms with van der Waals surface area (Å²) in [7, 11) is 0. The van der Waals surface area contributed by atoms with E-state index in [1.807, 2.05) is 0 Å². The average Bonchev–Trinajstić information content (AvgIpc) is 3.00. The van der Waals surface area contributed by atoms with Gasteiger partial charge in [-0.15, -0.1) is 0 Å². The molecule has 3 heteroatoms. The Balaban J connectivity index is 1.71. The maximum atomic E-state index is 5.99. The van der Waals surface area contributed by atoms with Crippen LogP contribution in [0.4, 0.5) is 0 Å². The van der Waals surface area contributed by atoms with Gasteiger partial charge in [-0.1, -0.05) is 30.3 Å². The van der Waals surface area contributed by atoms with Crippen LogP contribution in [0.15, 0.2) is 30.3 Å². The van der Waals surface area contributed by atoms with Crippen molar-refractivity contribution in [2.75, 3.05) is 26.2 Å². The maximum Gasteiger partial charge on any atom is 0.165 e. The first-order chi connectivity index (χ1) is 11.1. The smallest absolute Gasteiger partial charge is 0.165 e. The molecule has 2 aliphatic rings. The molecule has 0 aliphatic carbocycles. The number of likely N-dealkylation sites (tertiary alicyclic amines) is 1. The topological polar surface area (TPSA) is 27.6 Å². The van der Waals surface area contributed by atoms with Crippen molar-refractivity contribution in [2.45, 2.75) is 51.7 Å². The Labute approximate surface area is 140 Å². The minimum absolute atomic E-state index is 0.0116. The first-order valence-electron chi connectivity index (χ1n) is 9.16. The third-order valence-electron chi connectivity index (χ3n) is 5.34. The van der Waals surface area contributed by atoms with E-state index in [4.69, 9.17) is 4.74 Å². The van der Waals surface area contributed by atoms with E-state index in [2.05, 4.69) is 55.4 Å². The molecule has 2 saturated heterocycles. The van der Waals surface area contributed by atoms with Gasteiger partial charge in [0.1, 0.15) is 11.6 Å². The van der Waals surface area contributed by atoms with Crippen molar-refractivity contribution in [1.29, 1.82) is 0 Å². The Bertz CT molecular complexity index is 520. The summed E-state index contributed by atoms with van der Waals surface area (Å²) < 4.78 is 5.99. The van der Waals surface area contributed by atoms with E-state index in [0.29, 0.717) is 0 Å². The number of benzene rings is 1. The number of hydrogen-bond donors (Lipinski definition) is 2. The standard InChI is InChI=1S/C20H30N2O/c1-19(2)15-20(10-13-23-19,17-22-11-6-7-12-22)16-21-14-18-8-4-3-5-9-18/h3-5,8-9,16H,6-7,10-15,17H2,1-2H3/p+2/t20-/m1/s1. The molecule has 2 aliphatic heterocycles. The van der Waals surface area contributed by atoms with Crippen molar-refractivity contribution in [3.63, 3.8) is 0 Å². The number of rotatable bonds is 5. The number of quaternary nitrogens is 1. The van der Waals surface area contributed by atoms with Gasteiger partial charge in [-0.2, -0.15) is 0 Å². The normalized spacial score (nSPS) is 28.4. The van der Waals surface area contributed by atoms with Gasteiger partial charge < -0.3 is 9.64 Å². The van der Waals surface area contributed by atoms with E-state index in [1.165, 1.54) is 38.0 Å². The first kappa shape index (κ1) is 16.7. The van der Waals surface area contributed by atoms with Gasteiger partial charge in [0.25, 0.3) is 0 Å². The Hall–Kier alpha value is -1.19. The van der Waals surface area contributed by atoms with Gasteiger partial charge in [0.2, 0.25) is 0 Å². The van der Waals surface area contributed by atoms with Crippen LogP contribution in [0.25, 0.3) is 0 Å². The van der Waals surface area contributed by atoms with E-state index in [-0.39, 0.29) is 11.0 Å². The highest BCUT2D eigenvalue weighted by Gasteiger charge is 2.45. The largest absolute Gasteiger partial charge is 0.375 e. The van der Waals surface area contributed by atoms with Crippen LogP contribution in [0.1, 0.15) is 45.1 Å². The number of nitrogens with one attached hydrogen (secondary N) is 2. The van der Waals surface area contributed by atoms with Crippen molar-refractivity contribution in [1.82, 2.24) is 0 Å². The molecule has 0 bridgehead atoms. The highest BCUT2D eigenvalue weighted by molar-refractivity contribution is 5.60. The molecular weight excluding hydrogens is 284 g/mol. The summed E-state index contributed by atoms with van der Waals surface area (Å²) in [5.74, 6) is 0. The third kappa shape index (κ3) is 4.65. The van der Waals surface area contributed by atoms with Crippen molar-refractivity contribution in [3.8, 4) is 0 Å². The second kappa shape index (κ2) is 7.14. The highest BCUT2D eigenvalue weighted by Crippen LogP contribution is 2.36. The molecule has 1 aromatic carbocycles. The predicted octanol–water partition coefficient (Wildman–Crippen LogP) is 0.592. The van der Waals surface area contributed by atoms with Gasteiger partial charge in [0, 0.05) is 25.0 Å². The van der Waals surface area contributed by atoms with Crippen LogP contribution >= 0.6 is 0 Å². The summed E-state index contributed by atoms with van der Waals surface area (Å²) >= 11 is 0. The molecule has 0 saturated carbocycles. The van der Waals surface area contributed by atoms with E-state index >= 15 is 0 Å². The van der Waals surface area contributed by atoms with Gasteiger partial charge in [0.15, 0.2) is 6.54 Å². The molecule has 0 amide bonds. The van der Waals surface area contributed by atoms with Crippen LogP contribution in [0.5, 0.6) is 0 Å². The van der Waals surface area contributed by atoms with Crippen molar-refractivity contribution in [3.05, 3.63) is 35.9 Å². The second-order valence-electron chi connectivity index (χ2n) is 8.04. The zero-order valence-electron chi connectivity index (χ0n) is 14.7. The Morgan fingerprint density at radius 2 is 1.91 bits per heavy atom. The Morgan fingerprint density at radius 3 is 2.61 bits per heavy atom. The van der Waals surface area contributed by atoms with E-state index in [9.17, 15) is 0 Å². The molecule has 0 aromatic heterocycles. The van der Waals surface area contributed by atoms with Crippen LogP contribution in [-0.2, 0) is 11.3 Å². The lowest BCUT2D eigenvalue weighted by Crippen LogP contribution is -3.11. The molecule has 23 heavy (non-hydrogen) atoms. The Kier molecular flexibility index (Phi) is 5.17. The summed E-state index contributed by atoms with van der Waals surface area (Å²) in [6, 6.07) is 10.7. The van der Waals surface area contributed by atoms with Gasteiger partial charge >= 0.3 is 0 Å². The highest BCUT2D eigenvalue weighted by atomic mass is 16.5. The lowest BCUT2D eigenvalue weighted by Gasteiger charge is -2.41. The monoisotopic (exact) mass is 316 g/mol. The molecule has 0 unspecified atom stereocenters. The fraction of sp³-hybridized carbons (Fsp3) is 0.650. The fourth-order valence-corrected chi connectivity index (χ4v) is 4.37. The van der Waals surface area contributed by atoms with Crippen LogP contribution in [0.3, 0.4) is 0 Å². The molecule has 2 fully saturated rings. The first-order valence-corrected chi connectivity index (χ1v) is 9.16. The molecule has 1 aromatic rings. The minimum Gasteiger partial charge on any atom is -0.375 e. The minimum atomic E-state index is -0.0116. The molecule has 1 atom stereocenters. The van der Waals surface area contributed by atoms with Crippen LogP contribution in [0.2, 0.25) is 0 Å². The average molecular weight is 316 g/mol. The number of ether oxygens (including phenoxy) is 1. The summed E-state index contributed by atoms with van der Waals surface area (Å²) in [6.45, 7) is 10.2. The lowest BCUT2D eigenvalue weighted by atomic mass is 9.74. The molecule has 2 heterocycles. The summed E-state index contributed by atoms with van der Waals surface area (Å²) in [4.78, 5) is 5.41. The van der Waals surface area contributed by atoms with Crippen LogP contribution in [0, 0.1) is 5.41 Å². The lowest BCUT2D eigenvalue weighted by molar-refractivity contribution is -0.893. The molecule has 0 spiro atoms. The number of hydrogen-bond acceptors (Lipinski definition) is 1. The zero-order chi connectivity index (χ0) is 16.2. The fourth-order valence-electron chi connectivity index (χ4n) is 4.37. The maximum absolute atomic E-state index is 5.99. The van der Waals surface area contributed by atoms with Gasteiger partial charge in [-0.25, -0.2) is 4.99 Å².